The largest absolute Gasteiger partial charge is 0.207 e. The molecule has 0 fully saturated rings. The zero-order valence-corrected chi connectivity index (χ0v) is 10.6. The highest BCUT2D eigenvalue weighted by atomic mass is 19.1. The lowest BCUT2D eigenvalue weighted by atomic mass is 9.79. The highest BCUT2D eigenvalue weighted by Gasteiger charge is 2.37. The maximum atomic E-state index is 13.4. The van der Waals surface area contributed by atoms with Crippen molar-refractivity contribution in [2.75, 3.05) is 0 Å². The average Bonchev–Trinajstić information content (AvgIpc) is 2.49. The van der Waals surface area contributed by atoms with Gasteiger partial charge in [-0.15, -0.1) is 0 Å². The Bertz CT molecular complexity index is 559. The minimum atomic E-state index is -0.127. The molecule has 88 valence electrons. The first kappa shape index (κ1) is 10.8. The van der Waals surface area contributed by atoms with Crippen LogP contribution in [0.2, 0.25) is 0 Å². The van der Waals surface area contributed by atoms with Gasteiger partial charge in [0.15, 0.2) is 0 Å². The molecule has 0 amide bonds. The SMILES string of the molecule is CC1=CC2=C(CC1)c1ccc(F)cc1C2(C)C. The molecule has 0 unspecified atom stereocenters. The van der Waals surface area contributed by atoms with E-state index in [4.69, 9.17) is 0 Å². The van der Waals surface area contributed by atoms with E-state index >= 15 is 0 Å². The van der Waals surface area contributed by atoms with E-state index in [0.717, 1.165) is 18.4 Å². The number of rotatable bonds is 0. The molecular weight excluding hydrogens is 211 g/mol. The zero-order valence-electron chi connectivity index (χ0n) is 10.6. The fraction of sp³-hybridized carbons (Fsp3) is 0.375. The molecule has 0 saturated carbocycles. The summed E-state index contributed by atoms with van der Waals surface area (Å²) in [6.07, 6.45) is 4.53. The smallest absolute Gasteiger partial charge is 0.123 e. The second-order valence-corrected chi connectivity index (χ2v) is 5.70. The number of hydrogen-bond acceptors (Lipinski definition) is 0. The summed E-state index contributed by atoms with van der Waals surface area (Å²) < 4.78 is 13.4. The van der Waals surface area contributed by atoms with Crippen LogP contribution < -0.4 is 0 Å². The molecule has 0 N–H and O–H groups in total. The van der Waals surface area contributed by atoms with Crippen LogP contribution in [0.3, 0.4) is 0 Å². The summed E-state index contributed by atoms with van der Waals surface area (Å²) in [6, 6.07) is 5.23. The van der Waals surface area contributed by atoms with Gasteiger partial charge >= 0.3 is 0 Å². The summed E-state index contributed by atoms with van der Waals surface area (Å²) in [5, 5.41) is 0. The van der Waals surface area contributed by atoms with Crippen molar-refractivity contribution in [2.45, 2.75) is 39.0 Å². The Kier molecular flexibility index (Phi) is 2.10. The van der Waals surface area contributed by atoms with Gasteiger partial charge < -0.3 is 0 Å². The van der Waals surface area contributed by atoms with E-state index < -0.39 is 0 Å². The minimum Gasteiger partial charge on any atom is -0.207 e. The van der Waals surface area contributed by atoms with Crippen molar-refractivity contribution in [2.24, 2.45) is 0 Å². The molecule has 0 spiro atoms. The van der Waals surface area contributed by atoms with Gasteiger partial charge in [0, 0.05) is 5.41 Å². The van der Waals surface area contributed by atoms with Crippen LogP contribution >= 0.6 is 0 Å². The van der Waals surface area contributed by atoms with Crippen LogP contribution in [-0.4, -0.2) is 0 Å². The van der Waals surface area contributed by atoms with Gasteiger partial charge in [-0.1, -0.05) is 31.6 Å². The molecular formula is C16H17F. The monoisotopic (exact) mass is 228 g/mol. The molecule has 0 aromatic heterocycles. The Morgan fingerprint density at radius 3 is 2.71 bits per heavy atom. The number of benzene rings is 1. The van der Waals surface area contributed by atoms with Crippen LogP contribution in [-0.2, 0) is 5.41 Å². The van der Waals surface area contributed by atoms with Crippen LogP contribution in [0.5, 0.6) is 0 Å². The van der Waals surface area contributed by atoms with Crippen molar-refractivity contribution < 1.29 is 4.39 Å². The summed E-state index contributed by atoms with van der Waals surface area (Å²) in [7, 11) is 0. The third-order valence-corrected chi connectivity index (χ3v) is 4.14. The average molecular weight is 228 g/mol. The molecule has 0 heterocycles. The van der Waals surface area contributed by atoms with Crippen molar-refractivity contribution in [3.63, 3.8) is 0 Å². The molecule has 17 heavy (non-hydrogen) atoms. The van der Waals surface area contributed by atoms with Crippen LogP contribution in [0.25, 0.3) is 5.57 Å². The summed E-state index contributed by atoms with van der Waals surface area (Å²) in [6.45, 7) is 6.58. The maximum Gasteiger partial charge on any atom is 0.123 e. The van der Waals surface area contributed by atoms with Crippen molar-refractivity contribution in [3.8, 4) is 0 Å². The summed E-state index contributed by atoms with van der Waals surface area (Å²) >= 11 is 0. The number of fused-ring (bicyclic) bond motifs is 2. The fourth-order valence-electron chi connectivity index (χ4n) is 3.14. The number of hydrogen-bond donors (Lipinski definition) is 0. The molecule has 1 aromatic carbocycles. The van der Waals surface area contributed by atoms with Gasteiger partial charge in [-0.25, -0.2) is 4.39 Å². The van der Waals surface area contributed by atoms with Gasteiger partial charge in [0.1, 0.15) is 5.82 Å². The van der Waals surface area contributed by atoms with Crippen LogP contribution in [0, 0.1) is 5.82 Å². The summed E-state index contributed by atoms with van der Waals surface area (Å²) in [4.78, 5) is 0. The Morgan fingerprint density at radius 1 is 1.18 bits per heavy atom. The van der Waals surface area contributed by atoms with Gasteiger partial charge in [0.05, 0.1) is 0 Å². The van der Waals surface area contributed by atoms with Gasteiger partial charge in [-0.2, -0.15) is 0 Å². The molecule has 0 saturated heterocycles. The van der Waals surface area contributed by atoms with Crippen LogP contribution in [0.1, 0.15) is 44.7 Å². The highest BCUT2D eigenvalue weighted by Crippen LogP contribution is 2.50. The first-order valence-electron chi connectivity index (χ1n) is 6.21. The molecule has 0 radical (unpaired) electrons. The van der Waals surface area contributed by atoms with Crippen molar-refractivity contribution in [3.05, 3.63) is 52.4 Å². The summed E-state index contributed by atoms with van der Waals surface area (Å²) in [5.74, 6) is -0.127. The molecule has 2 aliphatic carbocycles. The van der Waals surface area contributed by atoms with E-state index in [-0.39, 0.29) is 11.2 Å². The molecule has 0 nitrogen and oxygen atoms in total. The first-order valence-corrected chi connectivity index (χ1v) is 6.21. The topological polar surface area (TPSA) is 0 Å². The zero-order chi connectivity index (χ0) is 12.2. The van der Waals surface area contributed by atoms with E-state index in [0.29, 0.717) is 0 Å². The molecule has 1 heteroatoms. The van der Waals surface area contributed by atoms with E-state index in [1.807, 2.05) is 6.07 Å². The Morgan fingerprint density at radius 2 is 1.94 bits per heavy atom. The standard InChI is InChI=1S/C16H17F/c1-10-4-6-12-13-7-5-11(17)9-15(13)16(2,3)14(12)8-10/h5,7-9H,4,6H2,1-3H3. The second kappa shape index (κ2) is 3.32. The third-order valence-electron chi connectivity index (χ3n) is 4.14. The third kappa shape index (κ3) is 1.41. The lowest BCUT2D eigenvalue weighted by molar-refractivity contribution is 0.605. The molecule has 2 aliphatic rings. The first-order chi connectivity index (χ1) is 8.00. The predicted molar refractivity (Wildman–Crippen MR) is 69.3 cm³/mol. The molecule has 1 aromatic rings. The molecule has 0 bridgehead atoms. The van der Waals surface area contributed by atoms with Gasteiger partial charge in [-0.3, -0.25) is 0 Å². The van der Waals surface area contributed by atoms with E-state index in [1.54, 1.807) is 12.1 Å². The Balaban J connectivity index is 2.26. The lowest BCUT2D eigenvalue weighted by Crippen LogP contribution is -2.17. The van der Waals surface area contributed by atoms with E-state index in [2.05, 4.69) is 26.8 Å². The molecule has 3 rings (SSSR count). The normalized spacial score (nSPS) is 21.1. The van der Waals surface area contributed by atoms with Crippen LogP contribution in [0.4, 0.5) is 4.39 Å². The van der Waals surface area contributed by atoms with E-state index in [1.165, 1.54) is 22.3 Å². The van der Waals surface area contributed by atoms with Crippen molar-refractivity contribution in [1.29, 1.82) is 0 Å². The van der Waals surface area contributed by atoms with Crippen molar-refractivity contribution >= 4 is 5.57 Å². The fourth-order valence-corrected chi connectivity index (χ4v) is 3.14. The highest BCUT2D eigenvalue weighted by molar-refractivity contribution is 5.83. The quantitative estimate of drug-likeness (QED) is 0.608. The molecule has 0 aliphatic heterocycles. The van der Waals surface area contributed by atoms with Gasteiger partial charge in [0.25, 0.3) is 0 Å². The maximum absolute atomic E-state index is 13.4. The Labute approximate surface area is 102 Å². The molecule has 0 atom stereocenters. The summed E-state index contributed by atoms with van der Waals surface area (Å²) in [5.41, 5.74) is 6.61. The minimum absolute atomic E-state index is 0.0472. The van der Waals surface area contributed by atoms with Gasteiger partial charge in [0.2, 0.25) is 0 Å². The lowest BCUT2D eigenvalue weighted by Gasteiger charge is -2.25. The number of halogens is 1. The second-order valence-electron chi connectivity index (χ2n) is 5.70. The Hall–Kier alpha value is -1.37. The van der Waals surface area contributed by atoms with Gasteiger partial charge in [-0.05, 0) is 54.2 Å². The van der Waals surface area contributed by atoms with Crippen LogP contribution in [0.15, 0.2) is 35.4 Å². The predicted octanol–water partition coefficient (Wildman–Crippen LogP) is 4.61. The van der Waals surface area contributed by atoms with Crippen molar-refractivity contribution in [1.82, 2.24) is 0 Å². The van der Waals surface area contributed by atoms with E-state index in [9.17, 15) is 4.39 Å². The number of allylic oxidation sites excluding steroid dienone is 4.